The summed E-state index contributed by atoms with van der Waals surface area (Å²) in [5.41, 5.74) is 6.47. The van der Waals surface area contributed by atoms with Crippen molar-refractivity contribution in [2.45, 2.75) is 6.92 Å². The average Bonchev–Trinajstić information content (AvgIpc) is 2.14. The van der Waals surface area contributed by atoms with E-state index in [0.29, 0.717) is 18.8 Å². The van der Waals surface area contributed by atoms with E-state index in [0.717, 1.165) is 5.56 Å². The predicted molar refractivity (Wildman–Crippen MR) is 48.2 cm³/mol. The molecule has 0 radical (unpaired) electrons. The van der Waals surface area contributed by atoms with Gasteiger partial charge in [-0.15, -0.1) is 5.10 Å². The average molecular weight is 180 g/mol. The third-order valence-corrected chi connectivity index (χ3v) is 1.45. The van der Waals surface area contributed by atoms with Crippen molar-refractivity contribution in [1.82, 2.24) is 15.5 Å². The van der Waals surface area contributed by atoms with Crippen LogP contribution in [-0.2, 0) is 0 Å². The Bertz CT molecular complexity index is 300. The molecule has 0 unspecified atom stereocenters. The third kappa shape index (κ3) is 2.79. The largest absolute Gasteiger partial charge is 0.349 e. The standard InChI is InChI=1S/C8H12N4O/c1-6-4-7(12-11-5-6)8(13)10-3-2-9/h4-5H,2-3,9H2,1H3,(H,10,13). The molecule has 70 valence electrons. The van der Waals surface area contributed by atoms with Gasteiger partial charge in [-0.05, 0) is 18.6 Å². The van der Waals surface area contributed by atoms with E-state index in [1.807, 2.05) is 6.92 Å². The van der Waals surface area contributed by atoms with Crippen molar-refractivity contribution >= 4 is 5.91 Å². The highest BCUT2D eigenvalue weighted by atomic mass is 16.1. The molecule has 1 aromatic heterocycles. The second kappa shape index (κ2) is 4.51. The number of aryl methyl sites for hydroxylation is 1. The molecule has 3 N–H and O–H groups in total. The number of hydrogen-bond donors (Lipinski definition) is 2. The zero-order chi connectivity index (χ0) is 9.68. The minimum absolute atomic E-state index is 0.235. The van der Waals surface area contributed by atoms with Crippen LogP contribution >= 0.6 is 0 Å². The molecule has 0 saturated carbocycles. The first kappa shape index (κ1) is 9.60. The first-order chi connectivity index (χ1) is 6.24. The summed E-state index contributed by atoms with van der Waals surface area (Å²) in [4.78, 5) is 11.3. The van der Waals surface area contributed by atoms with Gasteiger partial charge in [0, 0.05) is 13.1 Å². The van der Waals surface area contributed by atoms with Crippen LogP contribution in [0, 0.1) is 6.92 Å². The number of aromatic nitrogens is 2. The number of carbonyl (C=O) groups is 1. The monoisotopic (exact) mass is 180 g/mol. The van der Waals surface area contributed by atoms with E-state index >= 15 is 0 Å². The van der Waals surface area contributed by atoms with Crippen LogP contribution < -0.4 is 11.1 Å². The molecule has 1 heterocycles. The second-order valence-electron chi connectivity index (χ2n) is 2.66. The Morgan fingerprint density at radius 2 is 2.46 bits per heavy atom. The molecule has 0 fully saturated rings. The smallest absolute Gasteiger partial charge is 0.271 e. The Labute approximate surface area is 76.4 Å². The molecule has 1 aromatic rings. The predicted octanol–water partition coefficient (Wildman–Crippen LogP) is -0.526. The van der Waals surface area contributed by atoms with Crippen LogP contribution in [0.3, 0.4) is 0 Å². The fourth-order valence-corrected chi connectivity index (χ4v) is 0.851. The van der Waals surface area contributed by atoms with Gasteiger partial charge < -0.3 is 11.1 Å². The molecule has 5 heteroatoms. The van der Waals surface area contributed by atoms with Gasteiger partial charge in [0.25, 0.3) is 5.91 Å². The Hall–Kier alpha value is -1.49. The molecule has 1 amide bonds. The van der Waals surface area contributed by atoms with Gasteiger partial charge in [0.1, 0.15) is 0 Å². The first-order valence-corrected chi connectivity index (χ1v) is 4.01. The topological polar surface area (TPSA) is 80.9 Å². The summed E-state index contributed by atoms with van der Waals surface area (Å²) in [5, 5.41) is 9.97. The van der Waals surface area contributed by atoms with E-state index in [9.17, 15) is 4.79 Å². The van der Waals surface area contributed by atoms with Crippen molar-refractivity contribution in [3.05, 3.63) is 23.5 Å². The van der Waals surface area contributed by atoms with Crippen LogP contribution in [0.25, 0.3) is 0 Å². The van der Waals surface area contributed by atoms with Crippen LogP contribution in [0.4, 0.5) is 0 Å². The van der Waals surface area contributed by atoms with E-state index in [4.69, 9.17) is 5.73 Å². The molecule has 0 aliphatic heterocycles. The number of nitrogens with one attached hydrogen (secondary N) is 1. The van der Waals surface area contributed by atoms with Crippen molar-refractivity contribution in [2.24, 2.45) is 5.73 Å². The quantitative estimate of drug-likeness (QED) is 0.655. The van der Waals surface area contributed by atoms with Gasteiger partial charge in [-0.1, -0.05) is 0 Å². The summed E-state index contributed by atoms with van der Waals surface area (Å²) in [7, 11) is 0. The van der Waals surface area contributed by atoms with Gasteiger partial charge in [-0.2, -0.15) is 5.10 Å². The summed E-state index contributed by atoms with van der Waals surface area (Å²) in [6, 6.07) is 1.68. The van der Waals surface area contributed by atoms with Gasteiger partial charge >= 0.3 is 0 Å². The molecular formula is C8H12N4O. The number of carbonyl (C=O) groups excluding carboxylic acids is 1. The lowest BCUT2D eigenvalue weighted by molar-refractivity contribution is 0.0948. The molecule has 13 heavy (non-hydrogen) atoms. The maximum Gasteiger partial charge on any atom is 0.271 e. The van der Waals surface area contributed by atoms with Crippen LogP contribution in [0.15, 0.2) is 12.3 Å². The Morgan fingerprint density at radius 1 is 1.69 bits per heavy atom. The van der Waals surface area contributed by atoms with Gasteiger partial charge in [0.2, 0.25) is 0 Å². The van der Waals surface area contributed by atoms with E-state index in [-0.39, 0.29) is 5.91 Å². The summed E-state index contributed by atoms with van der Waals surface area (Å²) < 4.78 is 0. The fourth-order valence-electron chi connectivity index (χ4n) is 0.851. The van der Waals surface area contributed by atoms with Gasteiger partial charge in [-0.3, -0.25) is 4.79 Å². The van der Waals surface area contributed by atoms with Crippen molar-refractivity contribution in [3.63, 3.8) is 0 Å². The summed E-state index contributed by atoms with van der Waals surface area (Å²) in [6.45, 7) is 2.73. The highest BCUT2D eigenvalue weighted by molar-refractivity contribution is 5.92. The molecule has 0 aliphatic rings. The molecule has 0 bridgehead atoms. The normalized spacial score (nSPS) is 9.69. The minimum atomic E-state index is -0.235. The van der Waals surface area contributed by atoms with Crippen molar-refractivity contribution in [1.29, 1.82) is 0 Å². The van der Waals surface area contributed by atoms with E-state index in [1.165, 1.54) is 0 Å². The highest BCUT2D eigenvalue weighted by Crippen LogP contribution is 1.96. The zero-order valence-corrected chi connectivity index (χ0v) is 7.45. The molecule has 0 aromatic carbocycles. The molecule has 0 spiro atoms. The summed E-state index contributed by atoms with van der Waals surface area (Å²) in [5.74, 6) is -0.235. The molecule has 0 saturated heterocycles. The molecule has 1 rings (SSSR count). The summed E-state index contributed by atoms with van der Waals surface area (Å²) >= 11 is 0. The van der Waals surface area contributed by atoms with Crippen LogP contribution in [0.5, 0.6) is 0 Å². The second-order valence-corrected chi connectivity index (χ2v) is 2.66. The van der Waals surface area contributed by atoms with E-state index in [2.05, 4.69) is 15.5 Å². The number of rotatable bonds is 3. The fraction of sp³-hybridized carbons (Fsp3) is 0.375. The van der Waals surface area contributed by atoms with E-state index < -0.39 is 0 Å². The lowest BCUT2D eigenvalue weighted by atomic mass is 10.3. The Morgan fingerprint density at radius 3 is 3.08 bits per heavy atom. The maximum atomic E-state index is 11.3. The SMILES string of the molecule is Cc1cnnc(C(=O)NCCN)c1. The third-order valence-electron chi connectivity index (χ3n) is 1.45. The zero-order valence-electron chi connectivity index (χ0n) is 7.45. The number of hydrogen-bond acceptors (Lipinski definition) is 4. The Balaban J connectivity index is 2.66. The minimum Gasteiger partial charge on any atom is -0.349 e. The summed E-state index contributed by atoms with van der Waals surface area (Å²) in [6.07, 6.45) is 1.60. The van der Waals surface area contributed by atoms with Crippen LogP contribution in [0.2, 0.25) is 0 Å². The van der Waals surface area contributed by atoms with Crippen LogP contribution in [0.1, 0.15) is 16.1 Å². The lowest BCUT2D eigenvalue weighted by Crippen LogP contribution is -2.29. The molecule has 0 aliphatic carbocycles. The Kier molecular flexibility index (Phi) is 3.33. The maximum absolute atomic E-state index is 11.3. The van der Waals surface area contributed by atoms with Crippen molar-refractivity contribution < 1.29 is 4.79 Å². The number of amides is 1. The van der Waals surface area contributed by atoms with Crippen LogP contribution in [-0.4, -0.2) is 29.2 Å². The number of nitrogens with zero attached hydrogens (tertiary/aromatic N) is 2. The van der Waals surface area contributed by atoms with Crippen molar-refractivity contribution in [3.8, 4) is 0 Å². The first-order valence-electron chi connectivity index (χ1n) is 4.01. The van der Waals surface area contributed by atoms with Crippen molar-refractivity contribution in [2.75, 3.05) is 13.1 Å². The number of nitrogens with two attached hydrogens (primary N) is 1. The van der Waals surface area contributed by atoms with Gasteiger partial charge in [-0.25, -0.2) is 0 Å². The van der Waals surface area contributed by atoms with Gasteiger partial charge in [0.05, 0.1) is 6.20 Å². The van der Waals surface area contributed by atoms with E-state index in [1.54, 1.807) is 12.3 Å². The highest BCUT2D eigenvalue weighted by Gasteiger charge is 2.05. The molecular weight excluding hydrogens is 168 g/mol. The lowest BCUT2D eigenvalue weighted by Gasteiger charge is -2.01. The van der Waals surface area contributed by atoms with Gasteiger partial charge in [0.15, 0.2) is 5.69 Å². The molecule has 0 atom stereocenters. The molecule has 5 nitrogen and oxygen atoms in total.